The van der Waals surface area contributed by atoms with Gasteiger partial charge in [-0.15, -0.1) is 0 Å². The molecule has 1 rings (SSSR count). The van der Waals surface area contributed by atoms with Gasteiger partial charge in [-0.05, 0) is 46.8 Å². The summed E-state index contributed by atoms with van der Waals surface area (Å²) < 4.78 is 0. The molecule has 0 aliphatic carbocycles. The summed E-state index contributed by atoms with van der Waals surface area (Å²) in [6.45, 7) is 10.6. The van der Waals surface area contributed by atoms with Gasteiger partial charge in [0.25, 0.3) is 0 Å². The topological polar surface area (TPSA) is 6.48 Å². The predicted molar refractivity (Wildman–Crippen MR) is 58.0 cm³/mol. The lowest BCUT2D eigenvalue weighted by Gasteiger charge is -2.39. The Morgan fingerprint density at radius 2 is 2.15 bits per heavy atom. The van der Waals surface area contributed by atoms with Gasteiger partial charge in [0.15, 0.2) is 0 Å². The first kappa shape index (κ1) is 11.0. The van der Waals surface area contributed by atoms with Gasteiger partial charge in [-0.3, -0.25) is 4.90 Å². The second-order valence-corrected chi connectivity index (χ2v) is 4.46. The number of nitrogens with zero attached hydrogens (tertiary/aromatic N) is 2. The van der Waals surface area contributed by atoms with Crippen LogP contribution in [0, 0.1) is 0 Å². The van der Waals surface area contributed by atoms with Gasteiger partial charge in [0.2, 0.25) is 0 Å². The average Bonchev–Trinajstić information content (AvgIpc) is 2.17. The monoisotopic (exact) mass is 184 g/mol. The van der Waals surface area contributed by atoms with Crippen molar-refractivity contribution in [1.82, 2.24) is 9.80 Å². The van der Waals surface area contributed by atoms with Crippen LogP contribution in [0.4, 0.5) is 0 Å². The van der Waals surface area contributed by atoms with Crippen LogP contribution >= 0.6 is 0 Å². The molecule has 13 heavy (non-hydrogen) atoms. The fourth-order valence-corrected chi connectivity index (χ4v) is 2.07. The van der Waals surface area contributed by atoms with Gasteiger partial charge in [0.05, 0.1) is 0 Å². The highest BCUT2D eigenvalue weighted by molar-refractivity contribution is 4.80. The third kappa shape index (κ3) is 2.96. The summed E-state index contributed by atoms with van der Waals surface area (Å²) in [6, 6.07) is 1.51. The van der Waals surface area contributed by atoms with E-state index in [1.54, 1.807) is 0 Å². The zero-order chi connectivity index (χ0) is 9.84. The lowest BCUT2D eigenvalue weighted by molar-refractivity contribution is 0.0982. The van der Waals surface area contributed by atoms with E-state index in [2.05, 4.69) is 37.6 Å². The number of rotatable bonds is 3. The molecular formula is C11H24N2. The molecule has 1 saturated heterocycles. The summed E-state index contributed by atoms with van der Waals surface area (Å²) in [6.07, 6.45) is 2.75. The molecule has 1 fully saturated rings. The maximum Gasteiger partial charge on any atom is 0.0220 e. The molecule has 0 bridgehead atoms. The van der Waals surface area contributed by atoms with Crippen molar-refractivity contribution in [1.29, 1.82) is 0 Å². The molecule has 0 spiro atoms. The SMILES string of the molecule is CCN(C)[C@@H]1CCCN(C(C)C)C1. The van der Waals surface area contributed by atoms with Crippen LogP contribution in [0.25, 0.3) is 0 Å². The molecule has 0 unspecified atom stereocenters. The predicted octanol–water partition coefficient (Wildman–Crippen LogP) is 1.81. The van der Waals surface area contributed by atoms with Crippen molar-refractivity contribution in [2.75, 3.05) is 26.7 Å². The van der Waals surface area contributed by atoms with Gasteiger partial charge in [-0.2, -0.15) is 0 Å². The van der Waals surface area contributed by atoms with Crippen molar-refractivity contribution in [3.05, 3.63) is 0 Å². The molecule has 0 N–H and O–H groups in total. The Hall–Kier alpha value is -0.0800. The Kier molecular flexibility index (Phi) is 4.20. The van der Waals surface area contributed by atoms with Gasteiger partial charge >= 0.3 is 0 Å². The Labute approximate surface area is 82.9 Å². The van der Waals surface area contributed by atoms with Crippen LogP contribution < -0.4 is 0 Å². The Morgan fingerprint density at radius 3 is 2.69 bits per heavy atom. The number of hydrogen-bond acceptors (Lipinski definition) is 2. The molecule has 0 radical (unpaired) electrons. The molecule has 1 heterocycles. The Morgan fingerprint density at radius 1 is 1.46 bits per heavy atom. The molecule has 78 valence electrons. The number of likely N-dealkylation sites (tertiary alicyclic amines) is 1. The van der Waals surface area contributed by atoms with Crippen LogP contribution in [0.2, 0.25) is 0 Å². The van der Waals surface area contributed by atoms with E-state index in [9.17, 15) is 0 Å². The molecule has 1 aliphatic heterocycles. The van der Waals surface area contributed by atoms with E-state index in [1.165, 1.54) is 32.5 Å². The third-order valence-corrected chi connectivity index (χ3v) is 3.28. The van der Waals surface area contributed by atoms with E-state index in [4.69, 9.17) is 0 Å². The molecule has 1 atom stereocenters. The molecule has 0 aromatic carbocycles. The van der Waals surface area contributed by atoms with Crippen molar-refractivity contribution in [2.45, 2.75) is 45.7 Å². The Balaban J connectivity index is 2.41. The summed E-state index contributed by atoms with van der Waals surface area (Å²) in [5.74, 6) is 0. The van der Waals surface area contributed by atoms with Crippen molar-refractivity contribution >= 4 is 0 Å². The largest absolute Gasteiger partial charge is 0.302 e. The molecule has 2 nitrogen and oxygen atoms in total. The second kappa shape index (κ2) is 4.97. The van der Waals surface area contributed by atoms with Crippen molar-refractivity contribution in [3.8, 4) is 0 Å². The van der Waals surface area contributed by atoms with Gasteiger partial charge in [-0.25, -0.2) is 0 Å². The molecule has 0 saturated carbocycles. The zero-order valence-electron chi connectivity index (χ0n) is 9.58. The molecule has 0 aromatic rings. The number of hydrogen-bond donors (Lipinski definition) is 0. The standard InChI is InChI=1S/C11H24N2/c1-5-12(4)11-7-6-8-13(9-11)10(2)3/h10-11H,5-9H2,1-4H3/t11-/m1/s1. The van der Waals surface area contributed by atoms with Crippen molar-refractivity contribution in [3.63, 3.8) is 0 Å². The normalized spacial score (nSPS) is 25.8. The van der Waals surface area contributed by atoms with E-state index < -0.39 is 0 Å². The van der Waals surface area contributed by atoms with E-state index >= 15 is 0 Å². The van der Waals surface area contributed by atoms with Crippen LogP contribution in [-0.4, -0.2) is 48.6 Å². The summed E-state index contributed by atoms with van der Waals surface area (Å²) in [5.41, 5.74) is 0. The van der Waals surface area contributed by atoms with Gasteiger partial charge in [0, 0.05) is 18.6 Å². The third-order valence-electron chi connectivity index (χ3n) is 3.28. The smallest absolute Gasteiger partial charge is 0.0220 e. The minimum absolute atomic E-state index is 0.716. The maximum absolute atomic E-state index is 2.60. The summed E-state index contributed by atoms with van der Waals surface area (Å²) in [7, 11) is 2.24. The van der Waals surface area contributed by atoms with Crippen LogP contribution in [0.5, 0.6) is 0 Å². The quantitative estimate of drug-likeness (QED) is 0.660. The molecular weight excluding hydrogens is 160 g/mol. The highest BCUT2D eigenvalue weighted by atomic mass is 15.2. The molecule has 2 heteroatoms. The molecule has 0 aromatic heterocycles. The minimum Gasteiger partial charge on any atom is -0.302 e. The van der Waals surface area contributed by atoms with Crippen molar-refractivity contribution in [2.24, 2.45) is 0 Å². The zero-order valence-corrected chi connectivity index (χ0v) is 9.58. The first-order chi connectivity index (χ1) is 6.15. The highest BCUT2D eigenvalue weighted by Crippen LogP contribution is 2.16. The highest BCUT2D eigenvalue weighted by Gasteiger charge is 2.23. The van der Waals surface area contributed by atoms with E-state index in [0.29, 0.717) is 6.04 Å². The second-order valence-electron chi connectivity index (χ2n) is 4.46. The first-order valence-electron chi connectivity index (χ1n) is 5.59. The van der Waals surface area contributed by atoms with E-state index in [0.717, 1.165) is 6.04 Å². The van der Waals surface area contributed by atoms with E-state index in [1.807, 2.05) is 0 Å². The van der Waals surface area contributed by atoms with Gasteiger partial charge in [-0.1, -0.05) is 6.92 Å². The van der Waals surface area contributed by atoms with Crippen LogP contribution in [0.15, 0.2) is 0 Å². The number of likely N-dealkylation sites (N-methyl/N-ethyl adjacent to an activating group) is 1. The molecule has 1 aliphatic rings. The summed E-state index contributed by atoms with van der Waals surface area (Å²) >= 11 is 0. The van der Waals surface area contributed by atoms with Crippen molar-refractivity contribution < 1.29 is 0 Å². The van der Waals surface area contributed by atoms with Gasteiger partial charge < -0.3 is 4.90 Å². The average molecular weight is 184 g/mol. The van der Waals surface area contributed by atoms with Crippen LogP contribution in [0.1, 0.15) is 33.6 Å². The summed E-state index contributed by atoms with van der Waals surface area (Å²) in [4.78, 5) is 5.08. The van der Waals surface area contributed by atoms with Crippen LogP contribution in [-0.2, 0) is 0 Å². The first-order valence-corrected chi connectivity index (χ1v) is 5.59. The fourth-order valence-electron chi connectivity index (χ4n) is 2.07. The number of piperidine rings is 1. The van der Waals surface area contributed by atoms with E-state index in [-0.39, 0.29) is 0 Å². The lowest BCUT2D eigenvalue weighted by atomic mass is 10.0. The Bertz CT molecular complexity index is 145. The van der Waals surface area contributed by atoms with Gasteiger partial charge in [0.1, 0.15) is 0 Å². The minimum atomic E-state index is 0.716. The lowest BCUT2D eigenvalue weighted by Crippen LogP contribution is -2.48. The fraction of sp³-hybridized carbons (Fsp3) is 1.00. The summed E-state index contributed by atoms with van der Waals surface area (Å²) in [5, 5.41) is 0. The van der Waals surface area contributed by atoms with Crippen LogP contribution in [0.3, 0.4) is 0 Å². The maximum atomic E-state index is 2.60. The molecule has 0 amide bonds.